The second-order valence-electron chi connectivity index (χ2n) is 7.20. The second kappa shape index (κ2) is 18.8. The van der Waals surface area contributed by atoms with Crippen LogP contribution in [0.2, 0.25) is 0 Å². The fraction of sp³-hybridized carbons (Fsp3) is 0.955. The molecule has 2 heteroatoms. The van der Waals surface area contributed by atoms with Gasteiger partial charge < -0.3 is 4.90 Å². The summed E-state index contributed by atoms with van der Waals surface area (Å²) in [5.74, 6) is 1.22. The van der Waals surface area contributed by atoms with E-state index in [2.05, 4.69) is 32.6 Å². The molecule has 0 saturated carbocycles. The maximum atomic E-state index is 4.70. The first kappa shape index (κ1) is 23.5. The van der Waals surface area contributed by atoms with Gasteiger partial charge >= 0.3 is 0 Å². The van der Waals surface area contributed by atoms with Crippen molar-refractivity contribution in [3.8, 4) is 0 Å². The zero-order valence-corrected chi connectivity index (χ0v) is 17.4. The lowest BCUT2D eigenvalue weighted by molar-refractivity contribution is 0.460. The van der Waals surface area contributed by atoms with Crippen molar-refractivity contribution >= 4 is 5.84 Å². The zero-order valence-electron chi connectivity index (χ0n) is 17.4. The predicted molar refractivity (Wildman–Crippen MR) is 111 cm³/mol. The van der Waals surface area contributed by atoms with E-state index in [1.165, 1.54) is 95.7 Å². The molecule has 0 bridgehead atoms. The van der Waals surface area contributed by atoms with E-state index in [9.17, 15) is 0 Å². The number of aliphatic imine (C=N–C) groups is 1. The van der Waals surface area contributed by atoms with Crippen LogP contribution in [-0.4, -0.2) is 30.4 Å². The Balaban J connectivity index is 3.24. The van der Waals surface area contributed by atoms with E-state index in [-0.39, 0.29) is 0 Å². The van der Waals surface area contributed by atoms with Gasteiger partial charge in [-0.3, -0.25) is 4.99 Å². The standard InChI is InChI=1S/C22H46N2/c1-5-8-9-10-11-12-13-14-15-16-17-18-19-20-21-23-22(4)24(6-2)7-3/h5-21H2,1-4H3. The molecule has 144 valence electrons. The van der Waals surface area contributed by atoms with Crippen LogP contribution in [0.5, 0.6) is 0 Å². The third-order valence-electron chi connectivity index (χ3n) is 5.07. The molecule has 0 N–H and O–H groups in total. The van der Waals surface area contributed by atoms with Crippen molar-refractivity contribution in [3.63, 3.8) is 0 Å². The van der Waals surface area contributed by atoms with Crippen LogP contribution >= 0.6 is 0 Å². The molecule has 0 aliphatic rings. The van der Waals surface area contributed by atoms with Gasteiger partial charge in [0.05, 0.1) is 5.84 Å². The van der Waals surface area contributed by atoms with Crippen LogP contribution in [0.25, 0.3) is 0 Å². The smallest absolute Gasteiger partial charge is 0.0957 e. The van der Waals surface area contributed by atoms with Crippen LogP contribution < -0.4 is 0 Å². The molecular formula is C22H46N2. The highest BCUT2D eigenvalue weighted by atomic mass is 15.2. The molecule has 24 heavy (non-hydrogen) atoms. The Morgan fingerprint density at radius 2 is 0.958 bits per heavy atom. The molecule has 0 rings (SSSR count). The number of hydrogen-bond donors (Lipinski definition) is 0. The van der Waals surface area contributed by atoms with E-state index in [0.29, 0.717) is 0 Å². The molecular weight excluding hydrogens is 292 g/mol. The molecule has 0 aromatic carbocycles. The van der Waals surface area contributed by atoms with Crippen molar-refractivity contribution in [2.45, 2.75) is 118 Å². The summed E-state index contributed by atoms with van der Waals surface area (Å²) in [5, 5.41) is 0. The summed E-state index contributed by atoms with van der Waals surface area (Å²) >= 11 is 0. The van der Waals surface area contributed by atoms with Crippen molar-refractivity contribution < 1.29 is 0 Å². The van der Waals surface area contributed by atoms with Crippen LogP contribution in [0.3, 0.4) is 0 Å². The molecule has 0 aliphatic carbocycles. The Labute approximate surface area is 153 Å². The molecule has 0 radical (unpaired) electrons. The van der Waals surface area contributed by atoms with Gasteiger partial charge in [0.15, 0.2) is 0 Å². The molecule has 0 unspecified atom stereocenters. The van der Waals surface area contributed by atoms with Crippen molar-refractivity contribution in [3.05, 3.63) is 0 Å². The summed E-state index contributed by atoms with van der Waals surface area (Å²) in [6.07, 6.45) is 19.9. The van der Waals surface area contributed by atoms with Crippen LogP contribution in [0.15, 0.2) is 4.99 Å². The molecule has 2 nitrogen and oxygen atoms in total. The highest BCUT2D eigenvalue weighted by molar-refractivity contribution is 5.79. The van der Waals surface area contributed by atoms with E-state index in [0.717, 1.165) is 19.6 Å². The summed E-state index contributed by atoms with van der Waals surface area (Å²) in [6.45, 7) is 12.0. The molecule has 0 aromatic rings. The fourth-order valence-electron chi connectivity index (χ4n) is 3.33. The van der Waals surface area contributed by atoms with Crippen LogP contribution in [0.1, 0.15) is 118 Å². The fourth-order valence-corrected chi connectivity index (χ4v) is 3.33. The highest BCUT2D eigenvalue weighted by Crippen LogP contribution is 2.12. The SMILES string of the molecule is CCCCCCCCCCCCCCCCN=C(C)N(CC)CC. The van der Waals surface area contributed by atoms with Gasteiger partial charge in [-0.1, -0.05) is 90.4 Å². The highest BCUT2D eigenvalue weighted by Gasteiger charge is 1.99. The van der Waals surface area contributed by atoms with Gasteiger partial charge in [0.25, 0.3) is 0 Å². The zero-order chi connectivity index (χ0) is 17.9. The second-order valence-corrected chi connectivity index (χ2v) is 7.20. The Morgan fingerprint density at radius 3 is 1.33 bits per heavy atom. The number of hydrogen-bond acceptors (Lipinski definition) is 1. The lowest BCUT2D eigenvalue weighted by Crippen LogP contribution is -2.28. The minimum absolute atomic E-state index is 1.01. The third-order valence-corrected chi connectivity index (χ3v) is 5.07. The molecule has 0 amide bonds. The number of rotatable bonds is 17. The Bertz CT molecular complexity index is 269. The first-order chi connectivity index (χ1) is 11.8. The normalized spacial score (nSPS) is 11.9. The average molecular weight is 339 g/mol. The van der Waals surface area contributed by atoms with E-state index in [4.69, 9.17) is 4.99 Å². The number of nitrogens with zero attached hydrogens (tertiary/aromatic N) is 2. The van der Waals surface area contributed by atoms with Gasteiger partial charge in [0, 0.05) is 19.6 Å². The number of unbranched alkanes of at least 4 members (excludes halogenated alkanes) is 13. The lowest BCUT2D eigenvalue weighted by Gasteiger charge is -2.20. The maximum Gasteiger partial charge on any atom is 0.0957 e. The third kappa shape index (κ3) is 15.0. The van der Waals surface area contributed by atoms with Crippen molar-refractivity contribution in [2.24, 2.45) is 4.99 Å². The Kier molecular flexibility index (Phi) is 18.4. The molecule has 0 heterocycles. The summed E-state index contributed by atoms with van der Waals surface area (Å²) in [5.41, 5.74) is 0. The summed E-state index contributed by atoms with van der Waals surface area (Å²) in [6, 6.07) is 0. The molecule has 0 atom stereocenters. The minimum Gasteiger partial charge on any atom is -0.361 e. The summed E-state index contributed by atoms with van der Waals surface area (Å²) in [4.78, 5) is 7.04. The Hall–Kier alpha value is -0.530. The van der Waals surface area contributed by atoms with E-state index >= 15 is 0 Å². The Morgan fingerprint density at radius 1 is 0.583 bits per heavy atom. The lowest BCUT2D eigenvalue weighted by atomic mass is 10.0. The summed E-state index contributed by atoms with van der Waals surface area (Å²) in [7, 11) is 0. The van der Waals surface area contributed by atoms with Gasteiger partial charge in [-0.05, 0) is 27.2 Å². The van der Waals surface area contributed by atoms with Crippen molar-refractivity contribution in [2.75, 3.05) is 19.6 Å². The van der Waals surface area contributed by atoms with Crippen LogP contribution in [-0.2, 0) is 0 Å². The van der Waals surface area contributed by atoms with Crippen molar-refractivity contribution in [1.29, 1.82) is 0 Å². The molecule has 0 aromatic heterocycles. The van der Waals surface area contributed by atoms with Gasteiger partial charge in [-0.25, -0.2) is 0 Å². The van der Waals surface area contributed by atoms with E-state index < -0.39 is 0 Å². The quantitative estimate of drug-likeness (QED) is 0.155. The van der Waals surface area contributed by atoms with Crippen LogP contribution in [0.4, 0.5) is 0 Å². The number of amidine groups is 1. The monoisotopic (exact) mass is 338 g/mol. The van der Waals surface area contributed by atoms with Gasteiger partial charge in [-0.15, -0.1) is 0 Å². The van der Waals surface area contributed by atoms with E-state index in [1.807, 2.05) is 0 Å². The van der Waals surface area contributed by atoms with Crippen LogP contribution in [0, 0.1) is 0 Å². The first-order valence-corrected chi connectivity index (χ1v) is 11.0. The predicted octanol–water partition coefficient (Wildman–Crippen LogP) is 7.23. The molecule has 0 saturated heterocycles. The van der Waals surface area contributed by atoms with Crippen molar-refractivity contribution in [1.82, 2.24) is 4.90 Å². The topological polar surface area (TPSA) is 15.6 Å². The molecule has 0 spiro atoms. The van der Waals surface area contributed by atoms with Gasteiger partial charge in [-0.2, -0.15) is 0 Å². The summed E-state index contributed by atoms with van der Waals surface area (Å²) < 4.78 is 0. The van der Waals surface area contributed by atoms with E-state index in [1.54, 1.807) is 0 Å². The van der Waals surface area contributed by atoms with Gasteiger partial charge in [0.1, 0.15) is 0 Å². The largest absolute Gasteiger partial charge is 0.361 e. The average Bonchev–Trinajstić information content (AvgIpc) is 2.59. The minimum atomic E-state index is 1.01. The first-order valence-electron chi connectivity index (χ1n) is 11.0. The molecule has 0 aliphatic heterocycles. The maximum absolute atomic E-state index is 4.70. The van der Waals surface area contributed by atoms with Gasteiger partial charge in [0.2, 0.25) is 0 Å². The molecule has 0 fully saturated rings.